The average molecular weight is 235 g/mol. The van der Waals surface area contributed by atoms with E-state index in [-0.39, 0.29) is 6.04 Å². The molecule has 96 valence electrons. The molecule has 0 radical (unpaired) electrons. The molecule has 0 aliphatic heterocycles. The lowest BCUT2D eigenvalue weighted by Crippen LogP contribution is -2.27. The smallest absolute Gasteiger partial charge is 0.0350 e. The zero-order chi connectivity index (χ0) is 12.3. The molecule has 0 spiro atoms. The lowest BCUT2D eigenvalue weighted by molar-refractivity contribution is 0.289. The van der Waals surface area contributed by atoms with E-state index in [0.717, 1.165) is 32.6 Å². The topological polar surface area (TPSA) is 34.2 Å². The molecule has 17 heavy (non-hydrogen) atoms. The minimum absolute atomic E-state index is 0.272. The van der Waals surface area contributed by atoms with Crippen LogP contribution < -0.4 is 5.73 Å². The van der Waals surface area contributed by atoms with Crippen molar-refractivity contribution in [3.8, 4) is 0 Å². The number of fused-ring (bicyclic) bond motifs is 1. The third-order valence-corrected chi connectivity index (χ3v) is 3.99. The van der Waals surface area contributed by atoms with Crippen molar-refractivity contribution in [2.45, 2.75) is 45.7 Å². The van der Waals surface area contributed by atoms with Crippen LogP contribution in [0.25, 0.3) is 0 Å². The van der Waals surface area contributed by atoms with Crippen LogP contribution >= 0.6 is 0 Å². The van der Waals surface area contributed by atoms with Gasteiger partial charge in [-0.15, -0.1) is 0 Å². The zero-order valence-corrected chi connectivity index (χ0v) is 11.2. The van der Waals surface area contributed by atoms with Crippen molar-refractivity contribution in [2.75, 3.05) is 19.6 Å². The van der Waals surface area contributed by atoms with Crippen molar-refractivity contribution >= 4 is 0 Å². The van der Waals surface area contributed by atoms with Crippen LogP contribution in [0.1, 0.15) is 44.0 Å². The molecule has 0 bridgehead atoms. The molecular formula is C14H25N3. The third-order valence-electron chi connectivity index (χ3n) is 3.99. The van der Waals surface area contributed by atoms with Crippen molar-refractivity contribution in [1.82, 2.24) is 9.47 Å². The highest BCUT2D eigenvalue weighted by Crippen LogP contribution is 2.28. The van der Waals surface area contributed by atoms with E-state index >= 15 is 0 Å². The molecule has 0 saturated heterocycles. The molecule has 1 atom stereocenters. The summed E-state index contributed by atoms with van der Waals surface area (Å²) < 4.78 is 2.41. The van der Waals surface area contributed by atoms with Gasteiger partial charge in [0.25, 0.3) is 0 Å². The maximum atomic E-state index is 6.14. The first kappa shape index (κ1) is 12.7. The van der Waals surface area contributed by atoms with Crippen LogP contribution in [0.4, 0.5) is 0 Å². The van der Waals surface area contributed by atoms with Crippen molar-refractivity contribution < 1.29 is 0 Å². The second-order valence-corrected chi connectivity index (χ2v) is 4.94. The number of hydrogen-bond acceptors (Lipinski definition) is 2. The summed E-state index contributed by atoms with van der Waals surface area (Å²) >= 11 is 0. The highest BCUT2D eigenvalue weighted by atomic mass is 15.1. The summed E-state index contributed by atoms with van der Waals surface area (Å²) in [6.45, 7) is 8.97. The Morgan fingerprint density at radius 1 is 1.41 bits per heavy atom. The molecule has 1 heterocycles. The van der Waals surface area contributed by atoms with Gasteiger partial charge in [-0.05, 0) is 44.0 Å². The van der Waals surface area contributed by atoms with Crippen LogP contribution in [0.2, 0.25) is 0 Å². The second kappa shape index (κ2) is 5.69. The van der Waals surface area contributed by atoms with Crippen molar-refractivity contribution in [1.29, 1.82) is 0 Å². The van der Waals surface area contributed by atoms with Gasteiger partial charge in [0.2, 0.25) is 0 Å². The second-order valence-electron chi connectivity index (χ2n) is 4.94. The Labute approximate surface area is 105 Å². The summed E-state index contributed by atoms with van der Waals surface area (Å²) in [6, 6.07) is 2.50. The number of nitrogens with two attached hydrogens (primary N) is 1. The Bertz CT molecular complexity index is 352. The summed E-state index contributed by atoms with van der Waals surface area (Å²) in [5.74, 6) is 0. The number of likely N-dealkylation sites (N-methyl/N-ethyl adjacent to an activating group) is 1. The summed E-state index contributed by atoms with van der Waals surface area (Å²) in [5, 5.41) is 0. The van der Waals surface area contributed by atoms with E-state index in [9.17, 15) is 0 Å². The molecule has 1 aromatic heterocycles. The lowest BCUT2D eigenvalue weighted by Gasteiger charge is -2.23. The molecule has 2 rings (SSSR count). The summed E-state index contributed by atoms with van der Waals surface area (Å²) in [4.78, 5) is 2.47. The fourth-order valence-electron chi connectivity index (χ4n) is 2.79. The van der Waals surface area contributed by atoms with E-state index in [1.165, 1.54) is 24.1 Å². The summed E-state index contributed by atoms with van der Waals surface area (Å²) in [6.07, 6.45) is 5.81. The molecule has 0 fully saturated rings. The largest absolute Gasteiger partial charge is 0.350 e. The Hall–Kier alpha value is -0.800. The molecule has 1 aliphatic carbocycles. The maximum absolute atomic E-state index is 6.14. The number of rotatable bonds is 5. The van der Waals surface area contributed by atoms with Crippen molar-refractivity contribution in [2.24, 2.45) is 5.73 Å². The van der Waals surface area contributed by atoms with E-state index in [4.69, 9.17) is 5.73 Å². The molecule has 0 aromatic carbocycles. The van der Waals surface area contributed by atoms with Crippen LogP contribution in [0, 0.1) is 0 Å². The van der Waals surface area contributed by atoms with Crippen LogP contribution in [-0.4, -0.2) is 29.1 Å². The van der Waals surface area contributed by atoms with E-state index in [1.807, 2.05) is 0 Å². The standard InChI is InChI=1S/C14H25N3/c1-3-16(4-2)10-11-17-9-8-12-13(15)6-5-7-14(12)17/h8-9,13H,3-7,10-11,15H2,1-2H3. The van der Waals surface area contributed by atoms with Gasteiger partial charge in [-0.3, -0.25) is 0 Å². The van der Waals surface area contributed by atoms with E-state index in [2.05, 4.69) is 35.6 Å². The van der Waals surface area contributed by atoms with Gasteiger partial charge in [0.15, 0.2) is 0 Å². The van der Waals surface area contributed by atoms with Gasteiger partial charge in [0.05, 0.1) is 0 Å². The molecule has 0 saturated carbocycles. The molecule has 0 amide bonds. The highest BCUT2D eigenvalue weighted by Gasteiger charge is 2.19. The Morgan fingerprint density at radius 3 is 2.88 bits per heavy atom. The Balaban J connectivity index is 2.02. The molecule has 3 heteroatoms. The molecule has 1 unspecified atom stereocenters. The fourth-order valence-corrected chi connectivity index (χ4v) is 2.79. The summed E-state index contributed by atoms with van der Waals surface area (Å²) in [5.41, 5.74) is 9.01. The average Bonchev–Trinajstić information content (AvgIpc) is 2.75. The Morgan fingerprint density at radius 2 is 2.18 bits per heavy atom. The lowest BCUT2D eigenvalue weighted by atomic mass is 9.94. The first-order chi connectivity index (χ1) is 8.26. The predicted molar refractivity (Wildman–Crippen MR) is 72.1 cm³/mol. The van der Waals surface area contributed by atoms with E-state index in [1.54, 1.807) is 0 Å². The molecule has 1 aromatic rings. The van der Waals surface area contributed by atoms with Crippen molar-refractivity contribution in [3.63, 3.8) is 0 Å². The quantitative estimate of drug-likeness (QED) is 0.848. The fraction of sp³-hybridized carbons (Fsp3) is 0.714. The zero-order valence-electron chi connectivity index (χ0n) is 11.2. The Kier molecular flexibility index (Phi) is 4.24. The van der Waals surface area contributed by atoms with Gasteiger partial charge >= 0.3 is 0 Å². The number of hydrogen-bond donors (Lipinski definition) is 1. The molecule has 3 nitrogen and oxygen atoms in total. The summed E-state index contributed by atoms with van der Waals surface area (Å²) in [7, 11) is 0. The molecule has 1 aliphatic rings. The SMILES string of the molecule is CCN(CC)CCn1ccc2c1CCCC2N. The first-order valence-electron chi connectivity index (χ1n) is 6.92. The van der Waals surface area contributed by atoms with Gasteiger partial charge < -0.3 is 15.2 Å². The molecular weight excluding hydrogens is 210 g/mol. The van der Waals surface area contributed by atoms with Gasteiger partial charge in [0, 0.05) is 31.0 Å². The van der Waals surface area contributed by atoms with Gasteiger partial charge in [-0.2, -0.15) is 0 Å². The minimum atomic E-state index is 0.272. The maximum Gasteiger partial charge on any atom is 0.0350 e. The van der Waals surface area contributed by atoms with E-state index < -0.39 is 0 Å². The number of aromatic nitrogens is 1. The highest BCUT2D eigenvalue weighted by molar-refractivity contribution is 5.28. The van der Waals surface area contributed by atoms with Gasteiger partial charge in [-0.1, -0.05) is 13.8 Å². The van der Waals surface area contributed by atoms with Crippen LogP contribution in [0.3, 0.4) is 0 Å². The van der Waals surface area contributed by atoms with Crippen molar-refractivity contribution in [3.05, 3.63) is 23.5 Å². The minimum Gasteiger partial charge on any atom is -0.350 e. The number of nitrogens with zero attached hydrogens (tertiary/aromatic N) is 2. The predicted octanol–water partition coefficient (Wildman–Crippen LogP) is 2.17. The third kappa shape index (κ3) is 2.72. The van der Waals surface area contributed by atoms with Gasteiger partial charge in [0.1, 0.15) is 0 Å². The first-order valence-corrected chi connectivity index (χ1v) is 6.92. The van der Waals surface area contributed by atoms with Crippen LogP contribution in [-0.2, 0) is 13.0 Å². The normalized spacial score (nSPS) is 19.6. The van der Waals surface area contributed by atoms with E-state index in [0.29, 0.717) is 0 Å². The van der Waals surface area contributed by atoms with Crippen LogP contribution in [0.15, 0.2) is 12.3 Å². The van der Waals surface area contributed by atoms with Gasteiger partial charge in [-0.25, -0.2) is 0 Å². The monoisotopic (exact) mass is 235 g/mol. The van der Waals surface area contributed by atoms with Crippen LogP contribution in [0.5, 0.6) is 0 Å². The molecule has 2 N–H and O–H groups in total.